The first-order valence-electron chi connectivity index (χ1n) is 5.84. The Morgan fingerprint density at radius 3 is 2.06 bits per heavy atom. The van der Waals surface area contributed by atoms with Crippen molar-refractivity contribution in [3.63, 3.8) is 0 Å². The minimum absolute atomic E-state index is 0.291. The SMILES string of the molecule is CCNC1(OS(C)(=O)=O)CCC(C)(C)CC1. The molecule has 1 saturated carbocycles. The second kappa shape index (κ2) is 4.63. The van der Waals surface area contributed by atoms with Crippen LogP contribution in [0.2, 0.25) is 0 Å². The Hall–Kier alpha value is -0.130. The largest absolute Gasteiger partial charge is 0.289 e. The molecule has 0 aromatic carbocycles. The highest BCUT2D eigenvalue weighted by atomic mass is 32.2. The molecule has 0 aromatic heterocycles. The summed E-state index contributed by atoms with van der Waals surface area (Å²) in [6.07, 6.45) is 4.58. The van der Waals surface area contributed by atoms with Gasteiger partial charge in [-0.1, -0.05) is 20.8 Å². The highest BCUT2D eigenvalue weighted by molar-refractivity contribution is 7.86. The number of hydrogen-bond donors (Lipinski definition) is 1. The van der Waals surface area contributed by atoms with Crippen LogP contribution in [0.4, 0.5) is 0 Å². The molecule has 1 rings (SSSR count). The summed E-state index contributed by atoms with van der Waals surface area (Å²) in [6.45, 7) is 7.11. The second-order valence-electron chi connectivity index (χ2n) is 5.48. The van der Waals surface area contributed by atoms with Gasteiger partial charge in [-0.15, -0.1) is 0 Å². The van der Waals surface area contributed by atoms with Gasteiger partial charge < -0.3 is 0 Å². The van der Waals surface area contributed by atoms with Gasteiger partial charge in [-0.2, -0.15) is 8.42 Å². The molecular formula is C11H23NO3S. The van der Waals surface area contributed by atoms with Gasteiger partial charge in [0.1, 0.15) is 5.72 Å². The van der Waals surface area contributed by atoms with Crippen LogP contribution in [0.3, 0.4) is 0 Å². The third-order valence-corrected chi connectivity index (χ3v) is 3.84. The van der Waals surface area contributed by atoms with Crippen LogP contribution in [0.1, 0.15) is 46.5 Å². The topological polar surface area (TPSA) is 55.4 Å². The predicted octanol–water partition coefficient (Wildman–Crippen LogP) is 1.87. The Bertz CT molecular complexity index is 325. The highest BCUT2D eigenvalue weighted by Crippen LogP contribution is 2.41. The van der Waals surface area contributed by atoms with Gasteiger partial charge in [0.25, 0.3) is 10.1 Å². The van der Waals surface area contributed by atoms with Crippen molar-refractivity contribution in [1.29, 1.82) is 0 Å². The van der Waals surface area contributed by atoms with E-state index < -0.39 is 15.8 Å². The maximum Gasteiger partial charge on any atom is 0.266 e. The molecule has 0 aliphatic heterocycles. The summed E-state index contributed by atoms with van der Waals surface area (Å²) in [5.74, 6) is 0. The van der Waals surface area contributed by atoms with Crippen molar-refractivity contribution in [2.75, 3.05) is 12.8 Å². The van der Waals surface area contributed by atoms with E-state index >= 15 is 0 Å². The average molecular weight is 249 g/mol. The summed E-state index contributed by atoms with van der Waals surface area (Å²) in [4.78, 5) is 0. The normalized spacial score (nSPS) is 24.2. The first-order chi connectivity index (χ1) is 7.18. The zero-order valence-electron chi connectivity index (χ0n) is 10.7. The molecule has 0 spiro atoms. The lowest BCUT2D eigenvalue weighted by Gasteiger charge is -2.42. The first kappa shape index (κ1) is 13.9. The van der Waals surface area contributed by atoms with E-state index in [2.05, 4.69) is 19.2 Å². The van der Waals surface area contributed by atoms with Crippen LogP contribution in [-0.4, -0.2) is 26.9 Å². The molecule has 4 nitrogen and oxygen atoms in total. The average Bonchev–Trinajstić information content (AvgIpc) is 2.09. The molecular weight excluding hydrogens is 226 g/mol. The van der Waals surface area contributed by atoms with Gasteiger partial charge >= 0.3 is 0 Å². The molecule has 1 aliphatic carbocycles. The number of rotatable bonds is 4. The molecule has 0 saturated heterocycles. The first-order valence-corrected chi connectivity index (χ1v) is 7.65. The Morgan fingerprint density at radius 2 is 1.69 bits per heavy atom. The molecule has 0 aromatic rings. The van der Waals surface area contributed by atoms with Gasteiger partial charge in [0, 0.05) is 0 Å². The second-order valence-corrected chi connectivity index (χ2v) is 7.05. The maximum atomic E-state index is 11.3. The van der Waals surface area contributed by atoms with Crippen LogP contribution in [0.5, 0.6) is 0 Å². The van der Waals surface area contributed by atoms with Crippen LogP contribution in [0, 0.1) is 5.41 Å². The van der Waals surface area contributed by atoms with Gasteiger partial charge in [0.05, 0.1) is 6.26 Å². The van der Waals surface area contributed by atoms with E-state index in [1.165, 1.54) is 0 Å². The number of nitrogens with one attached hydrogen (secondary N) is 1. The molecule has 16 heavy (non-hydrogen) atoms. The van der Waals surface area contributed by atoms with Gasteiger partial charge in [-0.05, 0) is 37.6 Å². The lowest BCUT2D eigenvalue weighted by molar-refractivity contribution is -0.0236. The van der Waals surface area contributed by atoms with Gasteiger partial charge in [-0.3, -0.25) is 5.32 Å². The summed E-state index contributed by atoms with van der Waals surface area (Å²) in [6, 6.07) is 0. The fourth-order valence-electron chi connectivity index (χ4n) is 2.23. The van der Waals surface area contributed by atoms with E-state index in [0.29, 0.717) is 5.41 Å². The Kier molecular flexibility index (Phi) is 4.03. The van der Waals surface area contributed by atoms with Crippen molar-refractivity contribution in [3.05, 3.63) is 0 Å². The lowest BCUT2D eigenvalue weighted by atomic mass is 9.74. The molecule has 0 bridgehead atoms. The van der Waals surface area contributed by atoms with Crippen molar-refractivity contribution in [3.8, 4) is 0 Å². The summed E-state index contributed by atoms with van der Waals surface area (Å²) >= 11 is 0. The van der Waals surface area contributed by atoms with E-state index in [-0.39, 0.29) is 0 Å². The molecule has 96 valence electrons. The fourth-order valence-corrected chi connectivity index (χ4v) is 3.04. The van der Waals surface area contributed by atoms with Gasteiger partial charge in [-0.25, -0.2) is 4.18 Å². The predicted molar refractivity (Wildman–Crippen MR) is 64.6 cm³/mol. The summed E-state index contributed by atoms with van der Waals surface area (Å²) in [5, 5.41) is 3.19. The van der Waals surface area contributed by atoms with E-state index in [4.69, 9.17) is 4.18 Å². The molecule has 0 heterocycles. The fraction of sp³-hybridized carbons (Fsp3) is 1.00. The standard InChI is InChI=1S/C11H23NO3S/c1-5-12-11(15-16(4,13)14)8-6-10(2,3)7-9-11/h12H,5-9H2,1-4H3. The van der Waals surface area contributed by atoms with Crippen LogP contribution in [0.25, 0.3) is 0 Å². The third-order valence-electron chi connectivity index (χ3n) is 3.22. The molecule has 5 heteroatoms. The van der Waals surface area contributed by atoms with Crippen molar-refractivity contribution < 1.29 is 12.6 Å². The number of hydrogen-bond acceptors (Lipinski definition) is 4. The highest BCUT2D eigenvalue weighted by Gasteiger charge is 2.41. The zero-order chi connectivity index (χ0) is 12.4. The summed E-state index contributed by atoms with van der Waals surface area (Å²) in [7, 11) is -3.40. The minimum Gasteiger partial charge on any atom is -0.289 e. The van der Waals surface area contributed by atoms with E-state index in [9.17, 15) is 8.42 Å². The Morgan fingerprint density at radius 1 is 1.19 bits per heavy atom. The molecule has 1 fully saturated rings. The molecule has 1 aliphatic rings. The van der Waals surface area contributed by atoms with E-state index in [0.717, 1.165) is 38.5 Å². The monoisotopic (exact) mass is 249 g/mol. The van der Waals surface area contributed by atoms with Crippen molar-refractivity contribution >= 4 is 10.1 Å². The third kappa shape index (κ3) is 4.03. The molecule has 0 atom stereocenters. The summed E-state index contributed by atoms with van der Waals surface area (Å²) < 4.78 is 27.8. The van der Waals surface area contributed by atoms with Crippen LogP contribution in [0.15, 0.2) is 0 Å². The molecule has 0 radical (unpaired) electrons. The van der Waals surface area contributed by atoms with E-state index in [1.807, 2.05) is 6.92 Å². The van der Waals surface area contributed by atoms with Crippen LogP contribution >= 0.6 is 0 Å². The van der Waals surface area contributed by atoms with Crippen molar-refractivity contribution in [1.82, 2.24) is 5.32 Å². The van der Waals surface area contributed by atoms with E-state index in [1.54, 1.807) is 0 Å². The van der Waals surface area contributed by atoms with Gasteiger partial charge in [0.2, 0.25) is 0 Å². The van der Waals surface area contributed by atoms with Crippen molar-refractivity contribution in [2.24, 2.45) is 5.41 Å². The lowest BCUT2D eigenvalue weighted by Crippen LogP contribution is -2.52. The van der Waals surface area contributed by atoms with Gasteiger partial charge in [0.15, 0.2) is 0 Å². The quantitative estimate of drug-likeness (QED) is 0.610. The minimum atomic E-state index is -3.40. The Balaban J connectivity index is 2.76. The van der Waals surface area contributed by atoms with Crippen molar-refractivity contribution in [2.45, 2.75) is 52.2 Å². The molecule has 1 N–H and O–H groups in total. The van der Waals surface area contributed by atoms with Crippen LogP contribution in [-0.2, 0) is 14.3 Å². The zero-order valence-corrected chi connectivity index (χ0v) is 11.5. The summed E-state index contributed by atoms with van der Waals surface area (Å²) in [5.41, 5.74) is -0.377. The molecule has 0 unspecified atom stereocenters. The maximum absolute atomic E-state index is 11.3. The smallest absolute Gasteiger partial charge is 0.266 e. The van der Waals surface area contributed by atoms with Crippen LogP contribution < -0.4 is 5.32 Å². The Labute approximate surface area is 98.9 Å². The molecule has 0 amide bonds.